The summed E-state index contributed by atoms with van der Waals surface area (Å²) in [6.45, 7) is 4.69. The molecule has 23 heavy (non-hydrogen) atoms. The number of aromatic nitrogens is 2. The summed E-state index contributed by atoms with van der Waals surface area (Å²) in [5.41, 5.74) is 1.16. The molecule has 3 N–H and O–H groups in total. The fourth-order valence-corrected chi connectivity index (χ4v) is 2.25. The SMILES string of the molecule is CC(CCO)CNC(=O)Nc1ccn(C(C)c2ccccc2)n1. The Morgan fingerprint density at radius 2 is 2.00 bits per heavy atom. The molecule has 0 radical (unpaired) electrons. The van der Waals surface area contributed by atoms with Crippen molar-refractivity contribution in [3.63, 3.8) is 0 Å². The molecule has 0 aliphatic rings. The van der Waals surface area contributed by atoms with Crippen LogP contribution in [0.2, 0.25) is 0 Å². The van der Waals surface area contributed by atoms with E-state index in [-0.39, 0.29) is 24.6 Å². The van der Waals surface area contributed by atoms with E-state index in [1.165, 1.54) is 0 Å². The molecule has 0 spiro atoms. The standard InChI is InChI=1S/C17H24N4O2/c1-13(9-11-22)12-18-17(23)19-16-8-10-21(20-16)14(2)15-6-4-3-5-7-15/h3-8,10,13-14,22H,9,11-12H2,1-2H3,(H2,18,19,20,23). The van der Waals surface area contributed by atoms with Crippen LogP contribution in [0.4, 0.5) is 10.6 Å². The molecule has 2 rings (SSSR count). The van der Waals surface area contributed by atoms with Crippen LogP contribution in [0.1, 0.15) is 31.9 Å². The highest BCUT2D eigenvalue weighted by Crippen LogP contribution is 2.17. The van der Waals surface area contributed by atoms with Crippen LogP contribution in [-0.2, 0) is 0 Å². The first kappa shape index (κ1) is 17.0. The van der Waals surface area contributed by atoms with Crippen molar-refractivity contribution < 1.29 is 9.90 Å². The normalized spacial score (nSPS) is 13.3. The first-order chi connectivity index (χ1) is 11.1. The number of carbonyl (C=O) groups excluding carboxylic acids is 1. The second-order valence-corrected chi connectivity index (χ2v) is 5.72. The first-order valence-corrected chi connectivity index (χ1v) is 7.86. The average molecular weight is 316 g/mol. The maximum absolute atomic E-state index is 11.8. The van der Waals surface area contributed by atoms with Gasteiger partial charge in [-0.1, -0.05) is 37.3 Å². The van der Waals surface area contributed by atoms with Crippen molar-refractivity contribution in [2.45, 2.75) is 26.3 Å². The van der Waals surface area contributed by atoms with Crippen molar-refractivity contribution >= 4 is 11.8 Å². The number of aliphatic hydroxyl groups is 1. The van der Waals surface area contributed by atoms with Crippen molar-refractivity contribution in [1.29, 1.82) is 0 Å². The van der Waals surface area contributed by atoms with Gasteiger partial charge < -0.3 is 10.4 Å². The molecule has 1 aromatic heterocycles. The topological polar surface area (TPSA) is 79.2 Å². The molecule has 0 aliphatic heterocycles. The van der Waals surface area contributed by atoms with Crippen LogP contribution in [0.3, 0.4) is 0 Å². The molecule has 2 atom stereocenters. The number of carbonyl (C=O) groups is 1. The van der Waals surface area contributed by atoms with Gasteiger partial charge in [0.1, 0.15) is 0 Å². The molecule has 124 valence electrons. The van der Waals surface area contributed by atoms with Crippen molar-refractivity contribution in [3.8, 4) is 0 Å². The van der Waals surface area contributed by atoms with E-state index in [1.54, 1.807) is 6.07 Å². The van der Waals surface area contributed by atoms with Crippen LogP contribution < -0.4 is 10.6 Å². The van der Waals surface area contributed by atoms with Crippen LogP contribution in [0.25, 0.3) is 0 Å². The summed E-state index contributed by atoms with van der Waals surface area (Å²) < 4.78 is 1.82. The number of benzene rings is 1. The monoisotopic (exact) mass is 316 g/mol. The fourth-order valence-electron chi connectivity index (χ4n) is 2.25. The van der Waals surface area contributed by atoms with Crippen LogP contribution in [0, 0.1) is 5.92 Å². The molecule has 2 aromatic rings. The zero-order valence-electron chi connectivity index (χ0n) is 13.6. The Bertz CT molecular complexity index is 612. The maximum atomic E-state index is 11.8. The van der Waals surface area contributed by atoms with Gasteiger partial charge in [0.25, 0.3) is 0 Å². The molecular formula is C17H24N4O2. The van der Waals surface area contributed by atoms with Gasteiger partial charge >= 0.3 is 6.03 Å². The molecule has 2 amide bonds. The minimum Gasteiger partial charge on any atom is -0.396 e. The van der Waals surface area contributed by atoms with E-state index in [1.807, 2.05) is 36.0 Å². The lowest BCUT2D eigenvalue weighted by Crippen LogP contribution is -2.32. The minimum atomic E-state index is -0.285. The zero-order valence-corrected chi connectivity index (χ0v) is 13.6. The van der Waals surface area contributed by atoms with E-state index < -0.39 is 0 Å². The Kier molecular flexibility index (Phi) is 6.17. The van der Waals surface area contributed by atoms with E-state index in [4.69, 9.17) is 5.11 Å². The number of urea groups is 1. The molecule has 0 fully saturated rings. The van der Waals surface area contributed by atoms with Crippen molar-refractivity contribution in [3.05, 3.63) is 48.2 Å². The van der Waals surface area contributed by atoms with Gasteiger partial charge in [-0.05, 0) is 24.8 Å². The third-order valence-electron chi connectivity index (χ3n) is 3.76. The third-order valence-corrected chi connectivity index (χ3v) is 3.76. The van der Waals surface area contributed by atoms with Gasteiger partial charge in [-0.25, -0.2) is 4.79 Å². The Hall–Kier alpha value is -2.34. The zero-order chi connectivity index (χ0) is 16.7. The lowest BCUT2D eigenvalue weighted by molar-refractivity contribution is 0.243. The minimum absolute atomic E-state index is 0.0967. The second kappa shape index (κ2) is 8.33. The fraction of sp³-hybridized carbons (Fsp3) is 0.412. The average Bonchev–Trinajstić information content (AvgIpc) is 3.02. The van der Waals surface area contributed by atoms with E-state index in [0.717, 1.165) is 5.56 Å². The molecular weight excluding hydrogens is 292 g/mol. The third kappa shape index (κ3) is 5.10. The quantitative estimate of drug-likeness (QED) is 0.734. The summed E-state index contributed by atoms with van der Waals surface area (Å²) in [4.78, 5) is 11.8. The number of rotatable bonds is 7. The summed E-state index contributed by atoms with van der Waals surface area (Å²) in [7, 11) is 0. The number of nitrogens with zero attached hydrogens (tertiary/aromatic N) is 2. The Labute approximate surface area is 136 Å². The van der Waals surface area contributed by atoms with Crippen LogP contribution in [-0.4, -0.2) is 34.1 Å². The van der Waals surface area contributed by atoms with Crippen LogP contribution in [0.15, 0.2) is 42.6 Å². The van der Waals surface area contributed by atoms with Gasteiger partial charge in [0.05, 0.1) is 6.04 Å². The molecule has 1 heterocycles. The number of anilines is 1. The van der Waals surface area contributed by atoms with Gasteiger partial charge in [0.15, 0.2) is 5.82 Å². The molecule has 0 saturated heterocycles. The van der Waals surface area contributed by atoms with E-state index in [0.29, 0.717) is 18.8 Å². The Morgan fingerprint density at radius 3 is 2.70 bits per heavy atom. The summed E-state index contributed by atoms with van der Waals surface area (Å²) in [6.07, 6.45) is 2.52. The summed E-state index contributed by atoms with van der Waals surface area (Å²) in [5.74, 6) is 0.751. The first-order valence-electron chi connectivity index (χ1n) is 7.86. The number of hydrogen-bond acceptors (Lipinski definition) is 3. The number of hydrogen-bond donors (Lipinski definition) is 3. The smallest absolute Gasteiger partial charge is 0.320 e. The number of nitrogens with one attached hydrogen (secondary N) is 2. The van der Waals surface area contributed by atoms with Gasteiger partial charge in [0.2, 0.25) is 0 Å². The molecule has 0 bridgehead atoms. The van der Waals surface area contributed by atoms with Crippen molar-refractivity contribution in [1.82, 2.24) is 15.1 Å². The highest BCUT2D eigenvalue weighted by atomic mass is 16.3. The van der Waals surface area contributed by atoms with Crippen LogP contribution in [0.5, 0.6) is 0 Å². The van der Waals surface area contributed by atoms with Gasteiger partial charge in [0, 0.05) is 25.4 Å². The van der Waals surface area contributed by atoms with Gasteiger partial charge in [-0.15, -0.1) is 0 Å². The van der Waals surface area contributed by atoms with Gasteiger partial charge in [-0.3, -0.25) is 10.00 Å². The van der Waals surface area contributed by atoms with Crippen molar-refractivity contribution in [2.24, 2.45) is 5.92 Å². The molecule has 0 aliphatic carbocycles. The van der Waals surface area contributed by atoms with E-state index in [9.17, 15) is 4.79 Å². The lowest BCUT2D eigenvalue weighted by atomic mass is 10.1. The Morgan fingerprint density at radius 1 is 1.26 bits per heavy atom. The summed E-state index contributed by atoms with van der Waals surface area (Å²) in [6, 6.07) is 11.7. The lowest BCUT2D eigenvalue weighted by Gasteiger charge is -2.13. The second-order valence-electron chi connectivity index (χ2n) is 5.72. The molecule has 1 aromatic carbocycles. The number of amides is 2. The maximum Gasteiger partial charge on any atom is 0.320 e. The summed E-state index contributed by atoms with van der Waals surface area (Å²) >= 11 is 0. The number of aliphatic hydroxyl groups excluding tert-OH is 1. The highest BCUT2D eigenvalue weighted by molar-refractivity contribution is 5.88. The largest absolute Gasteiger partial charge is 0.396 e. The van der Waals surface area contributed by atoms with E-state index >= 15 is 0 Å². The van der Waals surface area contributed by atoms with Crippen molar-refractivity contribution in [2.75, 3.05) is 18.5 Å². The van der Waals surface area contributed by atoms with Crippen LogP contribution >= 0.6 is 0 Å². The Balaban J connectivity index is 1.88. The molecule has 6 nitrogen and oxygen atoms in total. The van der Waals surface area contributed by atoms with E-state index in [2.05, 4.69) is 34.8 Å². The molecule has 2 unspecified atom stereocenters. The molecule has 0 saturated carbocycles. The predicted molar refractivity (Wildman–Crippen MR) is 90.4 cm³/mol. The van der Waals surface area contributed by atoms with Gasteiger partial charge in [-0.2, -0.15) is 5.10 Å². The predicted octanol–water partition coefficient (Wildman–Crippen LogP) is 2.63. The summed E-state index contributed by atoms with van der Waals surface area (Å²) in [5, 5.41) is 18.7. The highest BCUT2D eigenvalue weighted by Gasteiger charge is 2.11. The molecule has 6 heteroatoms.